The molecule has 4 nitrogen and oxygen atoms in total. The fourth-order valence-corrected chi connectivity index (χ4v) is 1.83. The van der Waals surface area contributed by atoms with Crippen molar-refractivity contribution in [2.45, 2.75) is 57.6 Å². The minimum atomic E-state index is 0.0820. The van der Waals surface area contributed by atoms with E-state index in [4.69, 9.17) is 10.3 Å². The Balaban J connectivity index is 2.48. The summed E-state index contributed by atoms with van der Waals surface area (Å²) >= 11 is 1.81. The van der Waals surface area contributed by atoms with Crippen molar-refractivity contribution in [3.63, 3.8) is 0 Å². The van der Waals surface area contributed by atoms with Crippen LogP contribution in [-0.2, 0) is 12.2 Å². The lowest BCUT2D eigenvalue weighted by molar-refractivity contribution is 0.350. The van der Waals surface area contributed by atoms with Gasteiger partial charge in [0.05, 0.1) is 5.75 Å². The van der Waals surface area contributed by atoms with E-state index in [1.54, 1.807) is 0 Å². The summed E-state index contributed by atoms with van der Waals surface area (Å²) in [4.78, 5) is 4.36. The van der Waals surface area contributed by atoms with Crippen LogP contribution in [0.2, 0.25) is 0 Å². The largest absolute Gasteiger partial charge is 0.339 e. The number of nitrogens with zero attached hydrogens (tertiary/aromatic N) is 2. The van der Waals surface area contributed by atoms with E-state index < -0.39 is 0 Å². The van der Waals surface area contributed by atoms with Crippen LogP contribution in [0, 0.1) is 5.92 Å². The number of hydrogen-bond donors (Lipinski definition) is 1. The van der Waals surface area contributed by atoms with Crippen LogP contribution in [0.15, 0.2) is 4.52 Å². The first-order valence-electron chi connectivity index (χ1n) is 5.99. The maximum absolute atomic E-state index is 5.97. The molecular formula is C12H23N3OS. The van der Waals surface area contributed by atoms with Crippen molar-refractivity contribution in [2.75, 3.05) is 0 Å². The lowest BCUT2D eigenvalue weighted by atomic mass is 10.0. The first-order chi connectivity index (χ1) is 7.78. The summed E-state index contributed by atoms with van der Waals surface area (Å²) in [5.41, 5.74) is 5.97. The van der Waals surface area contributed by atoms with Crippen LogP contribution in [0.4, 0.5) is 0 Å². The molecule has 1 aromatic rings. The third-order valence-corrected chi connectivity index (χ3v) is 3.68. The highest BCUT2D eigenvalue weighted by Gasteiger charge is 2.16. The van der Waals surface area contributed by atoms with Crippen molar-refractivity contribution in [2.24, 2.45) is 11.7 Å². The fraction of sp³-hybridized carbons (Fsp3) is 0.833. The summed E-state index contributed by atoms with van der Waals surface area (Å²) in [6.45, 7) is 10.7. The van der Waals surface area contributed by atoms with Gasteiger partial charge in [-0.25, -0.2) is 0 Å². The van der Waals surface area contributed by atoms with Crippen molar-refractivity contribution < 1.29 is 4.52 Å². The van der Waals surface area contributed by atoms with E-state index in [0.717, 1.165) is 11.6 Å². The highest BCUT2D eigenvalue weighted by Crippen LogP contribution is 2.26. The van der Waals surface area contributed by atoms with E-state index in [9.17, 15) is 0 Å². The zero-order chi connectivity index (χ0) is 13.1. The van der Waals surface area contributed by atoms with Crippen LogP contribution < -0.4 is 5.73 Å². The Morgan fingerprint density at radius 2 is 2.00 bits per heavy atom. The monoisotopic (exact) mass is 257 g/mol. The minimum absolute atomic E-state index is 0.0820. The third-order valence-electron chi connectivity index (χ3n) is 2.41. The highest BCUT2D eigenvalue weighted by molar-refractivity contribution is 7.99. The van der Waals surface area contributed by atoms with Crippen LogP contribution >= 0.6 is 11.8 Å². The van der Waals surface area contributed by atoms with Gasteiger partial charge in [-0.05, 0) is 5.92 Å². The van der Waals surface area contributed by atoms with Gasteiger partial charge in [-0.1, -0.05) is 39.8 Å². The lowest BCUT2D eigenvalue weighted by Gasteiger charge is -2.15. The van der Waals surface area contributed by atoms with Crippen LogP contribution in [0.25, 0.3) is 0 Å². The maximum atomic E-state index is 5.97. The van der Waals surface area contributed by atoms with Crippen molar-refractivity contribution in [1.82, 2.24) is 10.1 Å². The zero-order valence-electron chi connectivity index (χ0n) is 11.4. The molecule has 0 fully saturated rings. The molecule has 1 atom stereocenters. The molecule has 0 aromatic carbocycles. The molecule has 98 valence electrons. The third kappa shape index (κ3) is 5.55. The molecule has 0 aliphatic carbocycles. The first kappa shape index (κ1) is 14.5. The van der Waals surface area contributed by atoms with Crippen LogP contribution in [0.3, 0.4) is 0 Å². The van der Waals surface area contributed by atoms with Gasteiger partial charge in [-0.3, -0.25) is 0 Å². The number of rotatable bonds is 5. The molecular weight excluding hydrogens is 234 g/mol. The predicted molar refractivity (Wildman–Crippen MR) is 71.9 cm³/mol. The van der Waals surface area contributed by atoms with Gasteiger partial charge in [-0.2, -0.15) is 4.98 Å². The molecule has 0 aliphatic rings. The van der Waals surface area contributed by atoms with Crippen molar-refractivity contribution in [3.8, 4) is 0 Å². The van der Waals surface area contributed by atoms with E-state index in [1.807, 2.05) is 11.8 Å². The molecule has 0 radical (unpaired) electrons. The number of thioether (sulfide) groups is 1. The Hall–Kier alpha value is -0.550. The molecule has 0 amide bonds. The van der Waals surface area contributed by atoms with Gasteiger partial charge in [0.25, 0.3) is 0 Å². The molecule has 2 N–H and O–H groups in total. The molecule has 5 heteroatoms. The van der Waals surface area contributed by atoms with Gasteiger partial charge in [0.2, 0.25) is 5.89 Å². The summed E-state index contributed by atoms with van der Waals surface area (Å²) in [6.07, 6.45) is 0.658. The minimum Gasteiger partial charge on any atom is -0.339 e. The average Bonchev–Trinajstić information content (AvgIpc) is 2.61. The van der Waals surface area contributed by atoms with Gasteiger partial charge in [-0.15, -0.1) is 11.8 Å². The van der Waals surface area contributed by atoms with E-state index in [2.05, 4.69) is 44.8 Å². The normalized spacial score (nSPS) is 14.3. The number of hydrogen-bond acceptors (Lipinski definition) is 5. The second kappa shape index (κ2) is 5.87. The predicted octanol–water partition coefficient (Wildman–Crippen LogP) is 2.63. The number of aromatic nitrogens is 2. The van der Waals surface area contributed by atoms with E-state index >= 15 is 0 Å². The highest BCUT2D eigenvalue weighted by atomic mass is 32.2. The summed E-state index contributed by atoms with van der Waals surface area (Å²) in [5.74, 6) is 2.62. The molecule has 0 saturated carbocycles. The smallest absolute Gasteiger partial charge is 0.228 e. The Kier molecular flexibility index (Phi) is 5.01. The standard InChI is InChI=1S/C12H23N3OS/c1-8(2)9(13)6-11-14-10(15-16-11)7-17-12(3,4)5/h8-9H,6-7,13H2,1-5H3. The van der Waals surface area contributed by atoms with Crippen LogP contribution in [-0.4, -0.2) is 20.9 Å². The van der Waals surface area contributed by atoms with Crippen LogP contribution in [0.1, 0.15) is 46.3 Å². The summed E-state index contributed by atoms with van der Waals surface area (Å²) < 4.78 is 5.41. The topological polar surface area (TPSA) is 64.9 Å². The number of nitrogens with two attached hydrogens (primary N) is 1. The van der Waals surface area contributed by atoms with E-state index in [0.29, 0.717) is 18.2 Å². The molecule has 1 unspecified atom stereocenters. The van der Waals surface area contributed by atoms with Gasteiger partial charge in [0.1, 0.15) is 0 Å². The maximum Gasteiger partial charge on any atom is 0.228 e. The molecule has 0 bridgehead atoms. The molecule has 1 rings (SSSR count). The lowest BCUT2D eigenvalue weighted by Crippen LogP contribution is -2.28. The second-order valence-corrected chi connectivity index (χ2v) is 7.42. The van der Waals surface area contributed by atoms with Gasteiger partial charge in [0, 0.05) is 17.2 Å². The molecule has 0 aliphatic heterocycles. The molecule has 0 spiro atoms. The van der Waals surface area contributed by atoms with Crippen molar-refractivity contribution >= 4 is 11.8 Å². The Morgan fingerprint density at radius 3 is 2.53 bits per heavy atom. The molecule has 1 aromatic heterocycles. The van der Waals surface area contributed by atoms with Gasteiger partial charge < -0.3 is 10.3 Å². The van der Waals surface area contributed by atoms with Crippen molar-refractivity contribution in [3.05, 3.63) is 11.7 Å². The average molecular weight is 257 g/mol. The van der Waals surface area contributed by atoms with Gasteiger partial charge in [0.15, 0.2) is 5.82 Å². The summed E-state index contributed by atoms with van der Waals surface area (Å²) in [6, 6.07) is 0.0820. The Morgan fingerprint density at radius 1 is 1.35 bits per heavy atom. The summed E-state index contributed by atoms with van der Waals surface area (Å²) in [7, 11) is 0. The summed E-state index contributed by atoms with van der Waals surface area (Å²) in [5, 5.41) is 3.97. The Labute approximate surface area is 108 Å². The molecule has 1 heterocycles. The first-order valence-corrected chi connectivity index (χ1v) is 6.97. The van der Waals surface area contributed by atoms with E-state index in [1.165, 1.54) is 0 Å². The fourth-order valence-electron chi connectivity index (χ4n) is 1.15. The second-order valence-electron chi connectivity index (χ2n) is 5.62. The molecule has 0 saturated heterocycles. The Bertz CT molecular complexity index is 344. The zero-order valence-corrected chi connectivity index (χ0v) is 12.2. The molecule has 17 heavy (non-hydrogen) atoms. The van der Waals surface area contributed by atoms with Crippen molar-refractivity contribution in [1.29, 1.82) is 0 Å². The van der Waals surface area contributed by atoms with E-state index in [-0.39, 0.29) is 10.8 Å². The quantitative estimate of drug-likeness (QED) is 0.878. The van der Waals surface area contributed by atoms with Crippen LogP contribution in [0.5, 0.6) is 0 Å². The van der Waals surface area contributed by atoms with Gasteiger partial charge >= 0.3 is 0 Å². The SMILES string of the molecule is CC(C)C(N)Cc1nc(CSC(C)(C)C)no1.